The number of aliphatic carboxylic acids is 1. The van der Waals surface area contributed by atoms with Crippen LogP contribution in [0.4, 0.5) is 0 Å². The van der Waals surface area contributed by atoms with Gasteiger partial charge in [-0.3, -0.25) is 4.79 Å². The summed E-state index contributed by atoms with van der Waals surface area (Å²) in [6.07, 6.45) is 3.27. The summed E-state index contributed by atoms with van der Waals surface area (Å²) in [6, 6.07) is 1.81. The molecule has 2 rings (SSSR count). The Morgan fingerprint density at radius 2 is 2.18 bits per heavy atom. The van der Waals surface area contributed by atoms with E-state index in [-0.39, 0.29) is 12.3 Å². The van der Waals surface area contributed by atoms with E-state index in [9.17, 15) is 13.2 Å². The Kier molecular flexibility index (Phi) is 5.12. The normalized spacial score (nSPS) is 20.0. The quantitative estimate of drug-likeness (QED) is 0.864. The first-order valence-corrected chi connectivity index (χ1v) is 9.12. The second-order valence-corrected chi connectivity index (χ2v) is 7.67. The molecule has 0 unspecified atom stereocenters. The fourth-order valence-electron chi connectivity index (χ4n) is 2.71. The van der Waals surface area contributed by atoms with Crippen LogP contribution in [0.5, 0.6) is 0 Å². The molecule has 0 spiro atoms. The number of aromatic nitrogens is 2. The topological polar surface area (TPSA) is 100 Å². The third-order valence-electron chi connectivity index (χ3n) is 3.78. The number of piperidine rings is 1. The van der Waals surface area contributed by atoms with E-state index in [1.165, 1.54) is 10.6 Å². The Morgan fingerprint density at radius 1 is 1.45 bits per heavy atom. The van der Waals surface area contributed by atoms with Crippen molar-refractivity contribution in [3.05, 3.63) is 23.3 Å². The Balaban J connectivity index is 2.18. The Morgan fingerprint density at radius 3 is 2.82 bits per heavy atom. The van der Waals surface area contributed by atoms with Gasteiger partial charge in [0, 0.05) is 36.8 Å². The molecular formula is C14H21N3O4S. The largest absolute Gasteiger partial charge is 0.481 e. The van der Waals surface area contributed by atoms with Crippen LogP contribution in [-0.4, -0.2) is 53.1 Å². The average molecular weight is 327 g/mol. The Labute approximate surface area is 130 Å². The molecule has 122 valence electrons. The van der Waals surface area contributed by atoms with E-state index in [0.29, 0.717) is 31.0 Å². The van der Waals surface area contributed by atoms with Crippen LogP contribution in [0.1, 0.15) is 42.4 Å². The standard InChI is InChI=1S/C14H21N3O4S/c1-10-15-12(5-6-14(18)19)8-13(16-10)11-4-3-7-17(9-11)22(2,20)21/h8,11H,3-7,9H2,1-2H3,(H,18,19)/t11-/m0/s1. The smallest absolute Gasteiger partial charge is 0.303 e. The molecule has 0 radical (unpaired) electrons. The molecule has 2 heterocycles. The van der Waals surface area contributed by atoms with Gasteiger partial charge in [-0.2, -0.15) is 0 Å². The van der Waals surface area contributed by atoms with Crippen molar-refractivity contribution in [3.63, 3.8) is 0 Å². The highest BCUT2D eigenvalue weighted by atomic mass is 32.2. The molecule has 1 aromatic heterocycles. The third kappa shape index (κ3) is 4.48. The van der Waals surface area contributed by atoms with Crippen molar-refractivity contribution in [3.8, 4) is 0 Å². The van der Waals surface area contributed by atoms with Gasteiger partial charge in [-0.05, 0) is 25.8 Å². The van der Waals surface area contributed by atoms with E-state index in [1.54, 1.807) is 6.92 Å². The first-order valence-electron chi connectivity index (χ1n) is 7.27. The highest BCUT2D eigenvalue weighted by molar-refractivity contribution is 7.88. The molecule has 7 nitrogen and oxygen atoms in total. The minimum atomic E-state index is -3.20. The van der Waals surface area contributed by atoms with Crippen LogP contribution in [0.2, 0.25) is 0 Å². The summed E-state index contributed by atoms with van der Waals surface area (Å²) < 4.78 is 24.9. The third-order valence-corrected chi connectivity index (χ3v) is 5.05. The fraction of sp³-hybridized carbons (Fsp3) is 0.643. The fourth-order valence-corrected chi connectivity index (χ4v) is 3.62. The van der Waals surface area contributed by atoms with Gasteiger partial charge in [-0.25, -0.2) is 22.7 Å². The molecule has 22 heavy (non-hydrogen) atoms. The lowest BCUT2D eigenvalue weighted by Crippen LogP contribution is -2.38. The van der Waals surface area contributed by atoms with Crippen molar-refractivity contribution in [1.29, 1.82) is 0 Å². The molecule has 1 aliphatic heterocycles. The van der Waals surface area contributed by atoms with Crippen molar-refractivity contribution >= 4 is 16.0 Å². The first kappa shape index (κ1) is 16.8. The van der Waals surface area contributed by atoms with Crippen molar-refractivity contribution < 1.29 is 18.3 Å². The molecule has 0 bridgehead atoms. The highest BCUT2D eigenvalue weighted by Gasteiger charge is 2.28. The zero-order valence-electron chi connectivity index (χ0n) is 12.8. The minimum Gasteiger partial charge on any atom is -0.481 e. The number of hydrogen-bond donors (Lipinski definition) is 1. The molecule has 1 fully saturated rings. The first-order chi connectivity index (χ1) is 10.3. The number of nitrogens with zero attached hydrogens (tertiary/aromatic N) is 3. The van der Waals surface area contributed by atoms with Crippen LogP contribution in [0.25, 0.3) is 0 Å². The molecule has 1 atom stereocenters. The lowest BCUT2D eigenvalue weighted by atomic mass is 9.95. The second kappa shape index (κ2) is 6.70. The zero-order valence-corrected chi connectivity index (χ0v) is 13.6. The van der Waals surface area contributed by atoms with E-state index in [1.807, 2.05) is 6.07 Å². The van der Waals surface area contributed by atoms with E-state index in [4.69, 9.17) is 5.11 Å². The van der Waals surface area contributed by atoms with Crippen LogP contribution in [-0.2, 0) is 21.2 Å². The number of carboxylic acids is 1. The maximum Gasteiger partial charge on any atom is 0.303 e. The molecule has 1 aliphatic rings. The number of aryl methyl sites for hydroxylation is 2. The molecule has 1 N–H and O–H groups in total. The van der Waals surface area contributed by atoms with Gasteiger partial charge in [-0.15, -0.1) is 0 Å². The predicted molar refractivity (Wildman–Crippen MR) is 81.1 cm³/mol. The monoisotopic (exact) mass is 327 g/mol. The van der Waals surface area contributed by atoms with Crippen LogP contribution in [0.15, 0.2) is 6.07 Å². The molecule has 8 heteroatoms. The molecule has 1 aromatic rings. The summed E-state index contributed by atoms with van der Waals surface area (Å²) in [4.78, 5) is 19.4. The highest BCUT2D eigenvalue weighted by Crippen LogP contribution is 2.27. The lowest BCUT2D eigenvalue weighted by molar-refractivity contribution is -0.136. The van der Waals surface area contributed by atoms with Gasteiger partial charge in [0.25, 0.3) is 0 Å². The summed E-state index contributed by atoms with van der Waals surface area (Å²) >= 11 is 0. The van der Waals surface area contributed by atoms with Crippen LogP contribution >= 0.6 is 0 Å². The molecule has 1 saturated heterocycles. The van der Waals surface area contributed by atoms with Crippen molar-refractivity contribution in [2.75, 3.05) is 19.3 Å². The average Bonchev–Trinajstić information content (AvgIpc) is 2.44. The second-order valence-electron chi connectivity index (χ2n) is 5.69. The molecule has 0 aliphatic carbocycles. The Bertz CT molecular complexity index is 660. The van der Waals surface area contributed by atoms with Gasteiger partial charge < -0.3 is 5.11 Å². The van der Waals surface area contributed by atoms with Crippen LogP contribution in [0.3, 0.4) is 0 Å². The van der Waals surface area contributed by atoms with Crippen molar-refractivity contribution in [2.24, 2.45) is 0 Å². The molecular weight excluding hydrogens is 306 g/mol. The number of carboxylic acid groups (broad SMARTS) is 1. The maximum atomic E-state index is 11.7. The number of sulfonamides is 1. The van der Waals surface area contributed by atoms with E-state index < -0.39 is 16.0 Å². The lowest BCUT2D eigenvalue weighted by Gasteiger charge is -2.30. The van der Waals surface area contributed by atoms with Gasteiger partial charge in [0.2, 0.25) is 10.0 Å². The summed E-state index contributed by atoms with van der Waals surface area (Å²) in [5.41, 5.74) is 1.50. The summed E-state index contributed by atoms with van der Waals surface area (Å²) in [7, 11) is -3.20. The zero-order chi connectivity index (χ0) is 16.3. The van der Waals surface area contributed by atoms with Gasteiger partial charge in [0.1, 0.15) is 5.82 Å². The maximum absolute atomic E-state index is 11.7. The van der Waals surface area contributed by atoms with Gasteiger partial charge >= 0.3 is 5.97 Å². The van der Waals surface area contributed by atoms with Crippen LogP contribution in [0, 0.1) is 6.92 Å². The summed E-state index contributed by atoms with van der Waals surface area (Å²) in [5, 5.41) is 8.77. The molecule has 0 aromatic carbocycles. The summed E-state index contributed by atoms with van der Waals surface area (Å²) in [5.74, 6) is -0.234. The molecule has 0 saturated carbocycles. The summed E-state index contributed by atoms with van der Waals surface area (Å²) in [6.45, 7) is 2.74. The van der Waals surface area contributed by atoms with Crippen molar-refractivity contribution in [2.45, 2.75) is 38.5 Å². The Hall–Kier alpha value is -1.54. The van der Waals surface area contributed by atoms with E-state index in [2.05, 4.69) is 9.97 Å². The van der Waals surface area contributed by atoms with Gasteiger partial charge in [-0.1, -0.05) is 0 Å². The van der Waals surface area contributed by atoms with E-state index >= 15 is 0 Å². The predicted octanol–water partition coefficient (Wildman–Crippen LogP) is 0.941. The number of hydrogen-bond acceptors (Lipinski definition) is 5. The van der Waals surface area contributed by atoms with E-state index in [0.717, 1.165) is 18.5 Å². The van der Waals surface area contributed by atoms with Gasteiger partial charge in [0.15, 0.2) is 0 Å². The number of rotatable bonds is 5. The van der Waals surface area contributed by atoms with Crippen LogP contribution < -0.4 is 0 Å². The van der Waals surface area contributed by atoms with Crippen molar-refractivity contribution in [1.82, 2.24) is 14.3 Å². The SMILES string of the molecule is Cc1nc(CCC(=O)O)cc([C@H]2CCCN(S(C)(=O)=O)C2)n1. The minimum absolute atomic E-state index is 0.0238. The number of carbonyl (C=O) groups is 1. The molecule has 0 amide bonds. The van der Waals surface area contributed by atoms with Gasteiger partial charge in [0.05, 0.1) is 12.7 Å².